The number of anilines is 4. The van der Waals surface area contributed by atoms with E-state index in [2.05, 4.69) is 233 Å². The third kappa shape index (κ3) is 7.84. The van der Waals surface area contributed by atoms with Gasteiger partial charge in [-0.15, -0.1) is 0 Å². The number of aromatic nitrogens is 2. The van der Waals surface area contributed by atoms with Crippen molar-refractivity contribution in [1.82, 2.24) is 9.55 Å². The Morgan fingerprint density at radius 3 is 1.84 bits per heavy atom. The number of hydrogen-bond donors (Lipinski definition) is 2. The van der Waals surface area contributed by atoms with Gasteiger partial charge in [-0.1, -0.05) is 151 Å². The maximum atomic E-state index is 6.94. The van der Waals surface area contributed by atoms with Crippen molar-refractivity contribution in [3.63, 3.8) is 0 Å². The van der Waals surface area contributed by atoms with Crippen molar-refractivity contribution in [1.29, 1.82) is 0 Å². The SMILES string of the molecule is CC(C)(C)c1cc(Nc2ccccc2Nc2c(-c3ccccc3)cccc2-c2ccccc2)cc(Oc2ccc3c4c5oc6ccccc6c5ccc4n(-c4cc(C(C)(C)C)ccn4)c3c2)c1. The van der Waals surface area contributed by atoms with Gasteiger partial charge in [0.25, 0.3) is 0 Å². The molecular formula is C61H52N4O2. The summed E-state index contributed by atoms with van der Waals surface area (Å²) in [5.74, 6) is 2.29. The van der Waals surface area contributed by atoms with E-state index in [1.54, 1.807) is 0 Å². The molecule has 0 aliphatic carbocycles. The number of nitrogens with one attached hydrogen (secondary N) is 2. The molecule has 6 nitrogen and oxygen atoms in total. The Labute approximate surface area is 391 Å². The molecule has 11 rings (SSSR count). The predicted octanol–water partition coefficient (Wildman–Crippen LogP) is 17.3. The van der Waals surface area contributed by atoms with Crippen LogP contribution in [0.3, 0.4) is 0 Å². The van der Waals surface area contributed by atoms with Crippen LogP contribution in [0, 0.1) is 0 Å². The normalized spacial score (nSPS) is 12.0. The van der Waals surface area contributed by atoms with Gasteiger partial charge in [0.15, 0.2) is 0 Å². The Balaban J connectivity index is 1.00. The van der Waals surface area contributed by atoms with Crippen LogP contribution in [-0.2, 0) is 10.8 Å². The highest BCUT2D eigenvalue weighted by molar-refractivity contribution is 6.24. The van der Waals surface area contributed by atoms with Crippen LogP contribution >= 0.6 is 0 Å². The van der Waals surface area contributed by atoms with E-state index in [9.17, 15) is 0 Å². The summed E-state index contributed by atoms with van der Waals surface area (Å²) >= 11 is 0. The van der Waals surface area contributed by atoms with Crippen molar-refractivity contribution in [3.05, 3.63) is 205 Å². The molecule has 328 valence electrons. The van der Waals surface area contributed by atoms with Crippen LogP contribution in [0.4, 0.5) is 22.7 Å². The molecule has 8 aromatic carbocycles. The van der Waals surface area contributed by atoms with Crippen molar-refractivity contribution < 1.29 is 9.15 Å². The number of rotatable bonds is 9. The first kappa shape index (κ1) is 41.6. The van der Waals surface area contributed by atoms with Crippen LogP contribution in [0.25, 0.3) is 71.8 Å². The van der Waals surface area contributed by atoms with Crippen LogP contribution in [0.5, 0.6) is 11.5 Å². The third-order valence-corrected chi connectivity index (χ3v) is 12.8. The van der Waals surface area contributed by atoms with Gasteiger partial charge >= 0.3 is 0 Å². The number of para-hydroxylation sites is 4. The Morgan fingerprint density at radius 1 is 0.493 bits per heavy atom. The Morgan fingerprint density at radius 2 is 1.13 bits per heavy atom. The molecule has 0 saturated carbocycles. The second-order valence-corrected chi connectivity index (χ2v) is 19.5. The fourth-order valence-corrected chi connectivity index (χ4v) is 9.27. The van der Waals surface area contributed by atoms with E-state index in [0.717, 1.165) is 112 Å². The molecule has 0 aliphatic heterocycles. The molecule has 0 bridgehead atoms. The summed E-state index contributed by atoms with van der Waals surface area (Å²) in [7, 11) is 0. The summed E-state index contributed by atoms with van der Waals surface area (Å²) in [5.41, 5.74) is 14.2. The lowest BCUT2D eigenvalue weighted by Gasteiger charge is -2.23. The number of nitrogens with zero attached hydrogens (tertiary/aromatic N) is 2. The maximum Gasteiger partial charge on any atom is 0.145 e. The number of ether oxygens (including phenoxy) is 1. The topological polar surface area (TPSA) is 64.2 Å². The smallest absolute Gasteiger partial charge is 0.145 e. The minimum absolute atomic E-state index is 0.0606. The zero-order valence-corrected chi connectivity index (χ0v) is 38.7. The zero-order chi connectivity index (χ0) is 45.9. The van der Waals surface area contributed by atoms with E-state index in [0.29, 0.717) is 0 Å². The number of benzene rings is 8. The van der Waals surface area contributed by atoms with Gasteiger partial charge in [0.1, 0.15) is 28.5 Å². The van der Waals surface area contributed by atoms with E-state index in [1.165, 1.54) is 5.56 Å². The number of furan rings is 1. The largest absolute Gasteiger partial charge is 0.457 e. The molecule has 2 N–H and O–H groups in total. The Kier molecular flexibility index (Phi) is 10.2. The molecule has 0 fully saturated rings. The predicted molar refractivity (Wildman–Crippen MR) is 280 cm³/mol. The molecule has 6 heteroatoms. The molecule has 11 aromatic rings. The van der Waals surface area contributed by atoms with Gasteiger partial charge in [-0.25, -0.2) is 4.98 Å². The van der Waals surface area contributed by atoms with Gasteiger partial charge in [-0.2, -0.15) is 0 Å². The highest BCUT2D eigenvalue weighted by Crippen LogP contribution is 2.44. The average Bonchev–Trinajstić information content (AvgIpc) is 3.88. The molecule has 67 heavy (non-hydrogen) atoms. The quantitative estimate of drug-likeness (QED) is 0.151. The van der Waals surface area contributed by atoms with Gasteiger partial charge < -0.3 is 19.8 Å². The highest BCUT2D eigenvalue weighted by atomic mass is 16.5. The van der Waals surface area contributed by atoms with E-state index < -0.39 is 0 Å². The fourth-order valence-electron chi connectivity index (χ4n) is 9.27. The summed E-state index contributed by atoms with van der Waals surface area (Å²) in [5, 5.41) is 12.0. The van der Waals surface area contributed by atoms with Gasteiger partial charge in [0.2, 0.25) is 0 Å². The van der Waals surface area contributed by atoms with E-state index in [-0.39, 0.29) is 10.8 Å². The number of hydrogen-bond acceptors (Lipinski definition) is 5. The minimum atomic E-state index is -0.162. The van der Waals surface area contributed by atoms with Crippen LogP contribution < -0.4 is 15.4 Å². The highest BCUT2D eigenvalue weighted by Gasteiger charge is 2.23. The van der Waals surface area contributed by atoms with Gasteiger partial charge in [0, 0.05) is 51.3 Å². The summed E-state index contributed by atoms with van der Waals surface area (Å²) in [6.45, 7) is 13.4. The molecule has 0 spiro atoms. The van der Waals surface area contributed by atoms with Crippen LogP contribution in [-0.4, -0.2) is 9.55 Å². The lowest BCUT2D eigenvalue weighted by molar-refractivity contribution is 0.479. The van der Waals surface area contributed by atoms with E-state index in [4.69, 9.17) is 14.1 Å². The third-order valence-electron chi connectivity index (χ3n) is 12.8. The molecule has 0 saturated heterocycles. The maximum absolute atomic E-state index is 6.94. The first-order valence-corrected chi connectivity index (χ1v) is 23.0. The van der Waals surface area contributed by atoms with E-state index in [1.807, 2.05) is 18.3 Å². The van der Waals surface area contributed by atoms with Gasteiger partial charge in [-0.3, -0.25) is 4.57 Å². The molecule has 0 unspecified atom stereocenters. The zero-order valence-electron chi connectivity index (χ0n) is 38.7. The minimum Gasteiger partial charge on any atom is -0.457 e. The molecule has 0 amide bonds. The first-order valence-electron chi connectivity index (χ1n) is 23.0. The average molecular weight is 873 g/mol. The van der Waals surface area contributed by atoms with Crippen LogP contribution in [0.1, 0.15) is 52.7 Å². The molecule has 3 aromatic heterocycles. The fraction of sp³-hybridized carbons (Fsp3) is 0.131. The second-order valence-electron chi connectivity index (χ2n) is 19.5. The Bertz CT molecular complexity index is 3570. The summed E-state index contributed by atoms with van der Waals surface area (Å²) in [4.78, 5) is 4.97. The van der Waals surface area contributed by atoms with Crippen molar-refractivity contribution >= 4 is 66.5 Å². The molecule has 0 radical (unpaired) electrons. The van der Waals surface area contributed by atoms with Crippen LogP contribution in [0.15, 0.2) is 199 Å². The molecule has 0 atom stereocenters. The van der Waals surface area contributed by atoms with Crippen molar-refractivity contribution in [2.45, 2.75) is 52.4 Å². The van der Waals surface area contributed by atoms with Crippen molar-refractivity contribution in [3.8, 4) is 39.6 Å². The lowest BCUT2D eigenvalue weighted by atomic mass is 9.86. The molecule has 0 aliphatic rings. The Hall–Kier alpha value is -8.09. The lowest BCUT2D eigenvalue weighted by Crippen LogP contribution is -2.12. The second kappa shape index (κ2) is 16.4. The van der Waals surface area contributed by atoms with Gasteiger partial charge in [0.05, 0.1) is 33.5 Å². The molecular weight excluding hydrogens is 821 g/mol. The molecule has 3 heterocycles. The van der Waals surface area contributed by atoms with Gasteiger partial charge in [-0.05, 0) is 99.8 Å². The van der Waals surface area contributed by atoms with Crippen molar-refractivity contribution in [2.24, 2.45) is 0 Å². The number of fused-ring (bicyclic) bond motifs is 7. The number of pyridine rings is 1. The van der Waals surface area contributed by atoms with Crippen molar-refractivity contribution in [2.75, 3.05) is 10.6 Å². The first-order chi connectivity index (χ1) is 32.5. The summed E-state index contributed by atoms with van der Waals surface area (Å²) < 4.78 is 15.8. The summed E-state index contributed by atoms with van der Waals surface area (Å²) in [6, 6.07) is 65.8. The van der Waals surface area contributed by atoms with Crippen LogP contribution in [0.2, 0.25) is 0 Å². The standard InChI is InChI=1S/C61H52N4O2/c1-60(2,3)41-32-33-62-56(36-41)65-53-31-30-49-48-22-13-16-27-55(48)67-59(49)57(53)50-29-28-44(38-54(50)65)66-45-35-42(61(4,5)6)34-43(37-45)63-51-25-14-15-26-52(51)64-58-46(39-18-9-7-10-19-39)23-17-24-47(58)40-20-11-8-12-21-40/h7-38,63-64H,1-6H3. The summed E-state index contributed by atoms with van der Waals surface area (Å²) in [6.07, 6.45) is 1.91. The monoisotopic (exact) mass is 872 g/mol. The van der Waals surface area contributed by atoms with E-state index >= 15 is 0 Å².